The van der Waals surface area contributed by atoms with E-state index in [-0.39, 0.29) is 6.04 Å². The van der Waals surface area contributed by atoms with Crippen LogP contribution in [0.2, 0.25) is 0 Å². The molecule has 2 rings (SSSR count). The van der Waals surface area contributed by atoms with Gasteiger partial charge in [0.1, 0.15) is 6.07 Å². The van der Waals surface area contributed by atoms with Gasteiger partial charge in [0.05, 0.1) is 24.1 Å². The van der Waals surface area contributed by atoms with Gasteiger partial charge < -0.3 is 5.32 Å². The number of nitrogens with one attached hydrogen (secondary N) is 1. The molecular formula is C12H9N3. The van der Waals surface area contributed by atoms with E-state index in [1.54, 1.807) is 6.20 Å². The van der Waals surface area contributed by atoms with Crippen molar-refractivity contribution in [3.63, 3.8) is 0 Å². The van der Waals surface area contributed by atoms with Gasteiger partial charge in [0, 0.05) is 6.20 Å². The minimum atomic E-state index is 0.00306. The molecule has 15 heavy (non-hydrogen) atoms. The Labute approximate surface area is 88.3 Å². The van der Waals surface area contributed by atoms with Crippen molar-refractivity contribution in [2.24, 2.45) is 0 Å². The quantitative estimate of drug-likeness (QED) is 0.746. The fraction of sp³-hybridized carbons (Fsp3) is 0.167. The molecule has 1 unspecified atom stereocenters. The van der Waals surface area contributed by atoms with Crippen molar-refractivity contribution in [1.29, 1.82) is 10.5 Å². The van der Waals surface area contributed by atoms with Gasteiger partial charge in [-0.3, -0.25) is 0 Å². The molecule has 0 spiro atoms. The number of nitrogens with zero attached hydrogens (tertiary/aromatic N) is 2. The number of allylic oxidation sites excluding steroid dienone is 1. The summed E-state index contributed by atoms with van der Waals surface area (Å²) in [6, 6.07) is 12.0. The highest BCUT2D eigenvalue weighted by Gasteiger charge is 2.19. The van der Waals surface area contributed by atoms with E-state index in [9.17, 15) is 0 Å². The fourth-order valence-corrected chi connectivity index (χ4v) is 1.75. The van der Waals surface area contributed by atoms with Crippen LogP contribution in [0.25, 0.3) is 5.57 Å². The Morgan fingerprint density at radius 3 is 2.80 bits per heavy atom. The van der Waals surface area contributed by atoms with Gasteiger partial charge in [-0.2, -0.15) is 10.5 Å². The summed E-state index contributed by atoms with van der Waals surface area (Å²) < 4.78 is 0. The van der Waals surface area contributed by atoms with Crippen LogP contribution in [0.15, 0.2) is 30.5 Å². The first-order valence-corrected chi connectivity index (χ1v) is 4.69. The highest BCUT2D eigenvalue weighted by Crippen LogP contribution is 2.29. The summed E-state index contributed by atoms with van der Waals surface area (Å²) in [5.74, 6) is 0. The molecule has 0 amide bonds. The summed E-state index contributed by atoms with van der Waals surface area (Å²) in [4.78, 5) is 0. The molecule has 0 radical (unpaired) electrons. The van der Waals surface area contributed by atoms with E-state index in [1.807, 2.05) is 24.3 Å². The number of hydrogen-bond donors (Lipinski definition) is 1. The first kappa shape index (κ1) is 9.30. The lowest BCUT2D eigenvalue weighted by Crippen LogP contribution is -2.20. The number of fused-ring (bicyclic) bond motifs is 1. The Morgan fingerprint density at radius 2 is 2.07 bits per heavy atom. The summed E-state index contributed by atoms with van der Waals surface area (Å²) in [5.41, 5.74) is 2.58. The van der Waals surface area contributed by atoms with Crippen LogP contribution in [0.5, 0.6) is 0 Å². The topological polar surface area (TPSA) is 59.6 Å². The van der Waals surface area contributed by atoms with E-state index in [2.05, 4.69) is 17.5 Å². The third-order valence-corrected chi connectivity index (χ3v) is 2.47. The number of nitriles is 2. The van der Waals surface area contributed by atoms with Crippen LogP contribution in [-0.2, 0) is 0 Å². The van der Waals surface area contributed by atoms with Crippen LogP contribution in [-0.4, -0.2) is 0 Å². The van der Waals surface area contributed by atoms with Crippen LogP contribution in [0.1, 0.15) is 23.6 Å². The zero-order valence-electron chi connectivity index (χ0n) is 8.07. The predicted octanol–water partition coefficient (Wildman–Crippen LogP) is 2.11. The van der Waals surface area contributed by atoms with Gasteiger partial charge in [-0.15, -0.1) is 0 Å². The minimum absolute atomic E-state index is 0.00306. The van der Waals surface area contributed by atoms with Crippen LogP contribution >= 0.6 is 0 Å². The van der Waals surface area contributed by atoms with Gasteiger partial charge in [0.15, 0.2) is 0 Å². The summed E-state index contributed by atoms with van der Waals surface area (Å²) >= 11 is 0. The normalized spacial score (nSPS) is 17.7. The SMILES string of the molecule is N#CCC1NC=C(C#N)c2ccccc21. The average Bonchev–Trinajstić information content (AvgIpc) is 2.30. The molecule has 1 aromatic carbocycles. The van der Waals surface area contributed by atoms with Crippen molar-refractivity contribution >= 4 is 5.57 Å². The third-order valence-electron chi connectivity index (χ3n) is 2.47. The summed E-state index contributed by atoms with van der Waals surface area (Å²) in [6.07, 6.45) is 2.09. The Kier molecular flexibility index (Phi) is 2.39. The molecule has 0 saturated heterocycles. The average molecular weight is 195 g/mol. The lowest BCUT2D eigenvalue weighted by Gasteiger charge is -2.22. The van der Waals surface area contributed by atoms with Crippen molar-refractivity contribution in [2.45, 2.75) is 12.5 Å². The second-order valence-corrected chi connectivity index (χ2v) is 3.34. The van der Waals surface area contributed by atoms with E-state index in [0.29, 0.717) is 12.0 Å². The molecule has 1 aliphatic rings. The molecule has 1 aromatic rings. The van der Waals surface area contributed by atoms with Gasteiger partial charge in [0.2, 0.25) is 0 Å². The molecule has 3 nitrogen and oxygen atoms in total. The number of rotatable bonds is 1. The van der Waals surface area contributed by atoms with Crippen molar-refractivity contribution in [3.8, 4) is 12.1 Å². The molecule has 0 aliphatic carbocycles. The molecule has 3 heteroatoms. The van der Waals surface area contributed by atoms with Gasteiger partial charge in [-0.1, -0.05) is 24.3 Å². The van der Waals surface area contributed by atoms with Crippen LogP contribution in [0, 0.1) is 22.7 Å². The second-order valence-electron chi connectivity index (χ2n) is 3.34. The van der Waals surface area contributed by atoms with Crippen LogP contribution in [0.3, 0.4) is 0 Å². The van der Waals surface area contributed by atoms with Crippen molar-refractivity contribution < 1.29 is 0 Å². The predicted molar refractivity (Wildman–Crippen MR) is 56.1 cm³/mol. The monoisotopic (exact) mass is 195 g/mol. The van der Waals surface area contributed by atoms with Crippen molar-refractivity contribution in [1.82, 2.24) is 5.32 Å². The molecule has 0 saturated carbocycles. The molecular weight excluding hydrogens is 186 g/mol. The van der Waals surface area contributed by atoms with Crippen LogP contribution in [0.4, 0.5) is 0 Å². The molecule has 1 aliphatic heterocycles. The van der Waals surface area contributed by atoms with E-state index >= 15 is 0 Å². The van der Waals surface area contributed by atoms with Gasteiger partial charge >= 0.3 is 0 Å². The van der Waals surface area contributed by atoms with Gasteiger partial charge in [0.25, 0.3) is 0 Å². The molecule has 1 atom stereocenters. The van der Waals surface area contributed by atoms with Crippen molar-refractivity contribution in [2.75, 3.05) is 0 Å². The lowest BCUT2D eigenvalue weighted by molar-refractivity contribution is 0.629. The summed E-state index contributed by atoms with van der Waals surface area (Å²) in [5, 5.41) is 20.7. The maximum Gasteiger partial charge on any atom is 0.101 e. The molecule has 0 fully saturated rings. The Balaban J connectivity index is 2.48. The summed E-state index contributed by atoms with van der Waals surface area (Å²) in [6.45, 7) is 0. The van der Waals surface area contributed by atoms with E-state index in [0.717, 1.165) is 11.1 Å². The van der Waals surface area contributed by atoms with Gasteiger partial charge in [-0.05, 0) is 11.1 Å². The Hall–Kier alpha value is -2.26. The van der Waals surface area contributed by atoms with Gasteiger partial charge in [-0.25, -0.2) is 0 Å². The highest BCUT2D eigenvalue weighted by molar-refractivity contribution is 5.79. The van der Waals surface area contributed by atoms with E-state index in [1.165, 1.54) is 0 Å². The molecule has 72 valence electrons. The molecule has 0 aromatic heterocycles. The highest BCUT2D eigenvalue weighted by atomic mass is 14.9. The number of hydrogen-bond acceptors (Lipinski definition) is 3. The Morgan fingerprint density at radius 1 is 1.27 bits per heavy atom. The summed E-state index contributed by atoms with van der Waals surface area (Å²) in [7, 11) is 0. The van der Waals surface area contributed by atoms with E-state index < -0.39 is 0 Å². The van der Waals surface area contributed by atoms with E-state index in [4.69, 9.17) is 10.5 Å². The minimum Gasteiger partial charge on any atom is -0.382 e. The third kappa shape index (κ3) is 1.56. The fourth-order valence-electron chi connectivity index (χ4n) is 1.75. The molecule has 0 bridgehead atoms. The lowest BCUT2D eigenvalue weighted by atomic mass is 9.92. The number of benzene rings is 1. The first-order valence-electron chi connectivity index (χ1n) is 4.69. The van der Waals surface area contributed by atoms with Crippen molar-refractivity contribution in [3.05, 3.63) is 41.6 Å². The maximum absolute atomic E-state index is 8.93. The Bertz CT molecular complexity index is 488. The smallest absolute Gasteiger partial charge is 0.101 e. The molecule has 1 heterocycles. The van der Waals surface area contributed by atoms with Crippen LogP contribution < -0.4 is 5.32 Å². The maximum atomic E-state index is 8.93. The molecule has 1 N–H and O–H groups in total. The zero-order valence-corrected chi connectivity index (χ0v) is 8.07. The standard InChI is InChI=1S/C12H9N3/c13-6-5-12-11-4-2-1-3-10(11)9(7-14)8-15-12/h1-4,8,12,15H,5H2. The second kappa shape index (κ2) is 3.86. The first-order chi connectivity index (χ1) is 7.36. The largest absolute Gasteiger partial charge is 0.382 e. The zero-order chi connectivity index (χ0) is 10.7.